The van der Waals surface area contributed by atoms with Crippen LogP contribution in [0.2, 0.25) is 0 Å². The first-order valence-electron chi connectivity index (χ1n) is 2.32. The van der Waals surface area contributed by atoms with Gasteiger partial charge in [-0.15, -0.1) is 0 Å². The van der Waals surface area contributed by atoms with Gasteiger partial charge < -0.3 is 4.52 Å². The second-order valence-corrected chi connectivity index (χ2v) is 1.42. The summed E-state index contributed by atoms with van der Waals surface area (Å²) in [5.74, 6) is 0. The van der Waals surface area contributed by atoms with Gasteiger partial charge in [0.15, 0.2) is 0 Å². The van der Waals surface area contributed by atoms with Crippen LogP contribution in [0, 0.1) is 0 Å². The Morgan fingerprint density at radius 3 is 3.33 bits per heavy atom. The molecule has 0 aliphatic carbocycles. The number of aromatic nitrogens is 1. The second-order valence-electron chi connectivity index (χ2n) is 1.42. The van der Waals surface area contributed by atoms with E-state index in [1.807, 2.05) is 0 Å². The highest BCUT2D eigenvalue weighted by Gasteiger charge is 1.89. The van der Waals surface area contributed by atoms with E-state index in [2.05, 4.69) is 19.7 Å². The molecular formula is C4H4N4O. The minimum atomic E-state index is 0.306. The SMILES string of the molecule is [N-]=[N+]=NCc1cnoc1. The number of azide groups is 1. The summed E-state index contributed by atoms with van der Waals surface area (Å²) in [6.07, 6.45) is 2.95. The average molecular weight is 124 g/mol. The Morgan fingerprint density at radius 2 is 2.78 bits per heavy atom. The summed E-state index contributed by atoms with van der Waals surface area (Å²) in [5, 5.41) is 6.71. The van der Waals surface area contributed by atoms with Gasteiger partial charge in [-0.2, -0.15) is 0 Å². The highest BCUT2D eigenvalue weighted by molar-refractivity contribution is 4.98. The summed E-state index contributed by atoms with van der Waals surface area (Å²) in [6.45, 7) is 0.306. The molecule has 0 radical (unpaired) electrons. The van der Waals surface area contributed by atoms with E-state index in [1.165, 1.54) is 12.5 Å². The van der Waals surface area contributed by atoms with E-state index in [-0.39, 0.29) is 0 Å². The minimum absolute atomic E-state index is 0.306. The lowest BCUT2D eigenvalue weighted by molar-refractivity contribution is 0.419. The zero-order valence-electron chi connectivity index (χ0n) is 4.56. The third-order valence-corrected chi connectivity index (χ3v) is 0.800. The van der Waals surface area contributed by atoms with E-state index in [0.717, 1.165) is 5.56 Å². The van der Waals surface area contributed by atoms with Crippen LogP contribution in [0.5, 0.6) is 0 Å². The van der Waals surface area contributed by atoms with Crippen molar-refractivity contribution in [3.8, 4) is 0 Å². The Bertz CT molecular complexity index is 210. The van der Waals surface area contributed by atoms with Crippen LogP contribution in [-0.4, -0.2) is 5.16 Å². The van der Waals surface area contributed by atoms with Gasteiger partial charge in [-0.25, -0.2) is 0 Å². The summed E-state index contributed by atoms with van der Waals surface area (Å²) in [5.41, 5.74) is 8.66. The third-order valence-electron chi connectivity index (χ3n) is 0.800. The summed E-state index contributed by atoms with van der Waals surface area (Å²) in [4.78, 5) is 2.57. The Kier molecular flexibility index (Phi) is 1.72. The van der Waals surface area contributed by atoms with Gasteiger partial charge in [-0.05, 0) is 5.53 Å². The molecule has 0 unspecified atom stereocenters. The minimum Gasteiger partial charge on any atom is -0.364 e. The predicted octanol–water partition coefficient (Wildman–Crippen LogP) is 1.48. The Morgan fingerprint density at radius 1 is 1.89 bits per heavy atom. The molecule has 0 fully saturated rings. The van der Waals surface area contributed by atoms with Crippen LogP contribution in [0.1, 0.15) is 5.56 Å². The number of hydrogen-bond donors (Lipinski definition) is 0. The smallest absolute Gasteiger partial charge is 0.127 e. The zero-order valence-corrected chi connectivity index (χ0v) is 4.56. The summed E-state index contributed by atoms with van der Waals surface area (Å²) >= 11 is 0. The highest BCUT2D eigenvalue weighted by Crippen LogP contribution is 1.97. The highest BCUT2D eigenvalue weighted by atomic mass is 16.5. The molecule has 9 heavy (non-hydrogen) atoms. The molecule has 5 nitrogen and oxygen atoms in total. The van der Waals surface area contributed by atoms with Gasteiger partial charge in [0.05, 0.1) is 12.7 Å². The third kappa shape index (κ3) is 1.47. The lowest BCUT2D eigenvalue weighted by Crippen LogP contribution is -1.70. The maximum atomic E-state index is 7.87. The van der Waals surface area contributed by atoms with Crippen LogP contribution in [0.3, 0.4) is 0 Å². The van der Waals surface area contributed by atoms with E-state index < -0.39 is 0 Å². The molecule has 0 N–H and O–H groups in total. The van der Waals surface area contributed by atoms with Gasteiger partial charge in [0, 0.05) is 10.5 Å². The van der Waals surface area contributed by atoms with Crippen molar-refractivity contribution in [3.05, 3.63) is 28.5 Å². The molecule has 1 aromatic heterocycles. The first-order chi connectivity index (χ1) is 4.43. The molecule has 1 heterocycles. The number of rotatable bonds is 2. The van der Waals surface area contributed by atoms with Crippen molar-refractivity contribution in [2.75, 3.05) is 0 Å². The van der Waals surface area contributed by atoms with Crippen LogP contribution in [0.4, 0.5) is 0 Å². The molecule has 0 atom stereocenters. The van der Waals surface area contributed by atoms with Crippen molar-refractivity contribution in [2.24, 2.45) is 5.11 Å². The summed E-state index contributed by atoms with van der Waals surface area (Å²) in [7, 11) is 0. The van der Waals surface area contributed by atoms with Crippen molar-refractivity contribution in [3.63, 3.8) is 0 Å². The molecule has 0 amide bonds. The van der Waals surface area contributed by atoms with Gasteiger partial charge in [0.1, 0.15) is 6.26 Å². The Labute approximate surface area is 50.9 Å². The topological polar surface area (TPSA) is 74.8 Å². The van der Waals surface area contributed by atoms with Gasteiger partial charge in [0.2, 0.25) is 0 Å². The number of hydrogen-bond acceptors (Lipinski definition) is 3. The molecule has 1 rings (SSSR count). The van der Waals surface area contributed by atoms with Crippen molar-refractivity contribution in [1.82, 2.24) is 5.16 Å². The summed E-state index contributed by atoms with van der Waals surface area (Å²) < 4.78 is 4.48. The van der Waals surface area contributed by atoms with Gasteiger partial charge in [0.25, 0.3) is 0 Å². The lowest BCUT2D eigenvalue weighted by Gasteiger charge is -1.76. The van der Waals surface area contributed by atoms with Gasteiger partial charge in [-0.1, -0.05) is 10.3 Å². The lowest BCUT2D eigenvalue weighted by atomic mass is 10.4. The molecule has 1 aromatic rings. The molecular weight excluding hydrogens is 120 g/mol. The molecule has 0 aromatic carbocycles. The predicted molar refractivity (Wildman–Crippen MR) is 29.4 cm³/mol. The first kappa shape index (κ1) is 5.65. The zero-order chi connectivity index (χ0) is 6.53. The van der Waals surface area contributed by atoms with E-state index in [4.69, 9.17) is 5.53 Å². The second kappa shape index (κ2) is 2.74. The van der Waals surface area contributed by atoms with Crippen LogP contribution in [0.25, 0.3) is 10.4 Å². The van der Waals surface area contributed by atoms with Crippen molar-refractivity contribution >= 4 is 0 Å². The van der Waals surface area contributed by atoms with Crippen molar-refractivity contribution in [1.29, 1.82) is 0 Å². The molecule has 5 heteroatoms. The van der Waals surface area contributed by atoms with E-state index >= 15 is 0 Å². The molecule has 0 bridgehead atoms. The fourth-order valence-corrected chi connectivity index (χ4v) is 0.418. The maximum Gasteiger partial charge on any atom is 0.127 e. The molecule has 0 spiro atoms. The Hall–Kier alpha value is -1.48. The van der Waals surface area contributed by atoms with Gasteiger partial charge >= 0.3 is 0 Å². The largest absolute Gasteiger partial charge is 0.364 e. The van der Waals surface area contributed by atoms with E-state index in [9.17, 15) is 0 Å². The molecule has 0 aliphatic heterocycles. The maximum absolute atomic E-state index is 7.87. The normalized spacial score (nSPS) is 8.44. The molecule has 46 valence electrons. The van der Waals surface area contributed by atoms with E-state index in [0.29, 0.717) is 6.54 Å². The van der Waals surface area contributed by atoms with Crippen LogP contribution >= 0.6 is 0 Å². The van der Waals surface area contributed by atoms with Crippen molar-refractivity contribution < 1.29 is 4.52 Å². The summed E-state index contributed by atoms with van der Waals surface area (Å²) in [6, 6.07) is 0. The average Bonchev–Trinajstić information content (AvgIpc) is 2.34. The standard InChI is InChI=1S/C4H4N4O/c5-8-6-1-4-2-7-9-3-4/h2-3H,1H2. The molecule has 0 saturated heterocycles. The molecule has 0 aliphatic rings. The van der Waals surface area contributed by atoms with Crippen LogP contribution < -0.4 is 0 Å². The van der Waals surface area contributed by atoms with Crippen LogP contribution in [0.15, 0.2) is 22.1 Å². The Balaban J connectivity index is 2.57. The number of nitrogens with zero attached hydrogens (tertiary/aromatic N) is 4. The van der Waals surface area contributed by atoms with Crippen LogP contribution in [-0.2, 0) is 6.54 Å². The fourth-order valence-electron chi connectivity index (χ4n) is 0.418. The van der Waals surface area contributed by atoms with Gasteiger partial charge in [-0.3, -0.25) is 0 Å². The quantitative estimate of drug-likeness (QED) is 0.340. The molecule has 0 saturated carbocycles. The first-order valence-corrected chi connectivity index (χ1v) is 2.32. The van der Waals surface area contributed by atoms with E-state index in [1.54, 1.807) is 0 Å². The monoisotopic (exact) mass is 124 g/mol. The fraction of sp³-hybridized carbons (Fsp3) is 0.250. The van der Waals surface area contributed by atoms with Crippen molar-refractivity contribution in [2.45, 2.75) is 6.54 Å².